The fraction of sp³-hybridized carbons (Fsp3) is 0.533. The molecule has 1 atom stereocenters. The van der Waals surface area contributed by atoms with Gasteiger partial charge in [-0.3, -0.25) is 0 Å². The lowest BCUT2D eigenvalue weighted by Gasteiger charge is -2.32. The summed E-state index contributed by atoms with van der Waals surface area (Å²) in [6.07, 6.45) is 4.24. The van der Waals surface area contributed by atoms with E-state index in [0.29, 0.717) is 11.3 Å². The molecule has 0 amide bonds. The lowest BCUT2D eigenvalue weighted by Crippen LogP contribution is -2.38. The molecule has 0 saturated carbocycles. The Morgan fingerprint density at radius 3 is 2.95 bits per heavy atom. The minimum Gasteiger partial charge on any atom is -0.465 e. The van der Waals surface area contributed by atoms with Crippen molar-refractivity contribution in [2.45, 2.75) is 31.7 Å². The van der Waals surface area contributed by atoms with Gasteiger partial charge < -0.3 is 20.5 Å². The molecule has 1 heterocycles. The second-order valence-corrected chi connectivity index (χ2v) is 5.15. The van der Waals surface area contributed by atoms with Crippen LogP contribution in [0.15, 0.2) is 18.2 Å². The van der Waals surface area contributed by atoms with Crippen molar-refractivity contribution in [2.75, 3.05) is 30.9 Å². The highest BCUT2D eigenvalue weighted by molar-refractivity contribution is 5.97. The molecule has 0 aromatic heterocycles. The van der Waals surface area contributed by atoms with Gasteiger partial charge in [0, 0.05) is 12.2 Å². The first-order chi connectivity index (χ1) is 9.67. The summed E-state index contributed by atoms with van der Waals surface area (Å²) in [6.45, 7) is 0.921. The minimum atomic E-state index is -0.395. The Balaban J connectivity index is 2.40. The molecule has 1 aliphatic heterocycles. The number of hydrogen-bond acceptors (Lipinski definition) is 5. The number of nitrogen functional groups attached to an aromatic ring is 1. The topological polar surface area (TPSA) is 75.8 Å². The van der Waals surface area contributed by atoms with Gasteiger partial charge in [-0.05, 0) is 31.0 Å². The summed E-state index contributed by atoms with van der Waals surface area (Å²) in [5.41, 5.74) is 7.57. The Hall–Kier alpha value is -1.75. The SMILES string of the molecule is COC(=O)c1cc(N)ccc1N1CCCCCC1CO. The van der Waals surface area contributed by atoms with Crippen LogP contribution in [0.2, 0.25) is 0 Å². The van der Waals surface area contributed by atoms with Crippen molar-refractivity contribution in [1.82, 2.24) is 0 Å². The quantitative estimate of drug-likeness (QED) is 0.651. The van der Waals surface area contributed by atoms with Crippen molar-refractivity contribution < 1.29 is 14.6 Å². The van der Waals surface area contributed by atoms with E-state index in [0.717, 1.165) is 37.9 Å². The van der Waals surface area contributed by atoms with Gasteiger partial charge in [0.2, 0.25) is 0 Å². The first kappa shape index (κ1) is 14.7. The maximum absolute atomic E-state index is 11.9. The second-order valence-electron chi connectivity index (χ2n) is 5.15. The van der Waals surface area contributed by atoms with Crippen LogP contribution in [0, 0.1) is 0 Å². The monoisotopic (exact) mass is 278 g/mol. The number of carbonyl (C=O) groups excluding carboxylic acids is 1. The molecule has 0 bridgehead atoms. The largest absolute Gasteiger partial charge is 0.465 e. The fourth-order valence-corrected chi connectivity index (χ4v) is 2.76. The van der Waals surface area contributed by atoms with E-state index in [1.54, 1.807) is 12.1 Å². The van der Waals surface area contributed by atoms with Crippen LogP contribution in [0.4, 0.5) is 11.4 Å². The van der Waals surface area contributed by atoms with E-state index < -0.39 is 5.97 Å². The van der Waals surface area contributed by atoms with Gasteiger partial charge in [-0.15, -0.1) is 0 Å². The van der Waals surface area contributed by atoms with E-state index in [9.17, 15) is 9.90 Å². The number of aliphatic hydroxyl groups excluding tert-OH is 1. The highest BCUT2D eigenvalue weighted by Crippen LogP contribution is 2.29. The Bertz CT molecular complexity index is 476. The van der Waals surface area contributed by atoms with E-state index in [1.807, 2.05) is 6.07 Å². The average molecular weight is 278 g/mol. The van der Waals surface area contributed by atoms with Gasteiger partial charge in [0.15, 0.2) is 0 Å². The Morgan fingerprint density at radius 1 is 1.45 bits per heavy atom. The van der Waals surface area contributed by atoms with Gasteiger partial charge in [0.05, 0.1) is 31.0 Å². The van der Waals surface area contributed by atoms with Crippen LogP contribution in [-0.4, -0.2) is 37.4 Å². The highest BCUT2D eigenvalue weighted by atomic mass is 16.5. The molecule has 1 saturated heterocycles. The molecule has 0 aliphatic carbocycles. The average Bonchev–Trinajstić information content (AvgIpc) is 2.71. The number of nitrogens with two attached hydrogens (primary N) is 1. The molecule has 2 rings (SSSR count). The van der Waals surface area contributed by atoms with Crippen LogP contribution < -0.4 is 10.6 Å². The predicted octanol–water partition coefficient (Wildman–Crippen LogP) is 1.80. The number of nitrogens with zero attached hydrogens (tertiary/aromatic N) is 1. The van der Waals surface area contributed by atoms with Crippen LogP contribution in [0.1, 0.15) is 36.0 Å². The number of methoxy groups -OCH3 is 1. The number of anilines is 2. The molecule has 3 N–H and O–H groups in total. The van der Waals surface area contributed by atoms with Crippen molar-refractivity contribution in [2.24, 2.45) is 0 Å². The molecule has 5 nitrogen and oxygen atoms in total. The van der Waals surface area contributed by atoms with E-state index in [1.165, 1.54) is 7.11 Å². The van der Waals surface area contributed by atoms with Crippen molar-refractivity contribution >= 4 is 17.3 Å². The number of ether oxygens (including phenoxy) is 1. The van der Waals surface area contributed by atoms with Crippen molar-refractivity contribution in [1.29, 1.82) is 0 Å². The molecule has 5 heteroatoms. The van der Waals surface area contributed by atoms with Crippen LogP contribution in [0.25, 0.3) is 0 Å². The zero-order valence-corrected chi connectivity index (χ0v) is 11.8. The molecule has 1 aliphatic rings. The van der Waals surface area contributed by atoms with E-state index >= 15 is 0 Å². The number of hydrogen-bond donors (Lipinski definition) is 2. The summed E-state index contributed by atoms with van der Waals surface area (Å²) < 4.78 is 4.84. The summed E-state index contributed by atoms with van der Waals surface area (Å²) in [5, 5.41) is 9.61. The Kier molecular flexibility index (Phi) is 4.84. The second kappa shape index (κ2) is 6.61. The fourth-order valence-electron chi connectivity index (χ4n) is 2.76. The lowest BCUT2D eigenvalue weighted by molar-refractivity contribution is 0.0601. The number of esters is 1. The summed E-state index contributed by atoms with van der Waals surface area (Å²) in [4.78, 5) is 14.1. The standard InChI is InChI=1S/C15H22N2O3/c1-20-15(19)13-9-11(16)6-7-14(13)17-8-4-2-3-5-12(17)10-18/h6-7,9,12,18H,2-5,8,10,16H2,1H3. The number of benzene rings is 1. The molecule has 1 aromatic carbocycles. The minimum absolute atomic E-state index is 0.0459. The lowest BCUT2D eigenvalue weighted by atomic mass is 10.1. The zero-order valence-electron chi connectivity index (χ0n) is 11.8. The summed E-state index contributed by atoms with van der Waals surface area (Å²) in [6, 6.07) is 5.31. The maximum atomic E-state index is 11.9. The maximum Gasteiger partial charge on any atom is 0.340 e. The molecular formula is C15H22N2O3. The van der Waals surface area contributed by atoms with Crippen molar-refractivity contribution in [3.63, 3.8) is 0 Å². The van der Waals surface area contributed by atoms with Crippen LogP contribution in [-0.2, 0) is 4.74 Å². The number of aliphatic hydroxyl groups is 1. The summed E-state index contributed by atoms with van der Waals surface area (Å²) >= 11 is 0. The van der Waals surface area contributed by atoms with E-state index in [2.05, 4.69) is 4.90 Å². The van der Waals surface area contributed by atoms with Gasteiger partial charge in [0.25, 0.3) is 0 Å². The molecule has 0 spiro atoms. The van der Waals surface area contributed by atoms with E-state index in [-0.39, 0.29) is 12.6 Å². The van der Waals surface area contributed by atoms with Crippen molar-refractivity contribution in [3.8, 4) is 0 Å². The highest BCUT2D eigenvalue weighted by Gasteiger charge is 2.25. The van der Waals surface area contributed by atoms with Gasteiger partial charge >= 0.3 is 5.97 Å². The first-order valence-corrected chi connectivity index (χ1v) is 7.02. The zero-order chi connectivity index (χ0) is 14.5. The van der Waals surface area contributed by atoms with Gasteiger partial charge in [0.1, 0.15) is 0 Å². The summed E-state index contributed by atoms with van der Waals surface area (Å²) in [7, 11) is 1.36. The molecular weight excluding hydrogens is 256 g/mol. The van der Waals surface area contributed by atoms with E-state index in [4.69, 9.17) is 10.5 Å². The third-order valence-electron chi connectivity index (χ3n) is 3.82. The predicted molar refractivity (Wildman–Crippen MR) is 78.9 cm³/mol. The number of carbonyl (C=O) groups is 1. The Morgan fingerprint density at radius 2 is 2.25 bits per heavy atom. The summed E-state index contributed by atoms with van der Waals surface area (Å²) in [5.74, 6) is -0.395. The molecule has 20 heavy (non-hydrogen) atoms. The normalized spacial score (nSPS) is 19.5. The molecule has 110 valence electrons. The molecule has 0 radical (unpaired) electrons. The van der Waals surface area contributed by atoms with Gasteiger partial charge in [-0.2, -0.15) is 0 Å². The third-order valence-corrected chi connectivity index (χ3v) is 3.82. The number of rotatable bonds is 3. The third kappa shape index (κ3) is 3.04. The van der Waals surface area contributed by atoms with Crippen LogP contribution >= 0.6 is 0 Å². The molecule has 1 fully saturated rings. The van der Waals surface area contributed by atoms with Gasteiger partial charge in [-0.25, -0.2) is 4.79 Å². The smallest absolute Gasteiger partial charge is 0.340 e. The van der Waals surface area contributed by atoms with Crippen molar-refractivity contribution in [3.05, 3.63) is 23.8 Å². The van der Waals surface area contributed by atoms with Crippen LogP contribution in [0.3, 0.4) is 0 Å². The first-order valence-electron chi connectivity index (χ1n) is 7.02. The van der Waals surface area contributed by atoms with Crippen LogP contribution in [0.5, 0.6) is 0 Å². The van der Waals surface area contributed by atoms with Gasteiger partial charge in [-0.1, -0.05) is 12.8 Å². The molecule has 1 aromatic rings. The Labute approximate surface area is 119 Å². The molecule has 1 unspecified atom stereocenters.